The molecule has 0 aliphatic rings. The Morgan fingerprint density at radius 2 is 1.81 bits per heavy atom. The van der Waals surface area contributed by atoms with Gasteiger partial charge in [-0.25, -0.2) is 4.79 Å². The molecule has 138 valence electrons. The second kappa shape index (κ2) is 6.88. The van der Waals surface area contributed by atoms with Gasteiger partial charge in [0.1, 0.15) is 16.7 Å². The van der Waals surface area contributed by atoms with Gasteiger partial charge in [0, 0.05) is 17.0 Å². The molecule has 1 N–H and O–H groups in total. The normalized spacial score (nSPS) is 11.1. The molecule has 2 heterocycles. The Morgan fingerprint density at radius 3 is 2.56 bits per heavy atom. The number of benzene rings is 2. The highest BCUT2D eigenvalue weighted by Gasteiger charge is 2.22. The van der Waals surface area contributed by atoms with Crippen molar-refractivity contribution in [3.63, 3.8) is 0 Å². The summed E-state index contributed by atoms with van der Waals surface area (Å²) >= 11 is 1.16. The van der Waals surface area contributed by atoms with Crippen molar-refractivity contribution in [3.8, 4) is 22.6 Å². The third-order valence-electron chi connectivity index (χ3n) is 4.32. The predicted molar refractivity (Wildman–Crippen MR) is 104 cm³/mol. The van der Waals surface area contributed by atoms with E-state index in [1.165, 1.54) is 0 Å². The molecule has 8 heteroatoms. The van der Waals surface area contributed by atoms with Gasteiger partial charge in [0.05, 0.1) is 38.1 Å². The molecule has 0 radical (unpaired) electrons. The molecule has 4 rings (SSSR count). The number of esters is 1. The SMILES string of the molecule is CCOC(=O)c1[nH]c2cc(OC)c(OC)cc2c1-c1ccc2nsnc2c1. The first-order valence-electron chi connectivity index (χ1n) is 8.33. The zero-order valence-electron chi connectivity index (χ0n) is 15.0. The Morgan fingerprint density at radius 1 is 1.07 bits per heavy atom. The summed E-state index contributed by atoms with van der Waals surface area (Å²) in [6.07, 6.45) is 0. The predicted octanol–water partition coefficient (Wildman–Crippen LogP) is 4.03. The summed E-state index contributed by atoms with van der Waals surface area (Å²) in [5, 5.41) is 0.832. The van der Waals surface area contributed by atoms with Gasteiger partial charge in [-0.2, -0.15) is 8.75 Å². The molecule has 27 heavy (non-hydrogen) atoms. The minimum Gasteiger partial charge on any atom is -0.493 e. The minimum absolute atomic E-state index is 0.287. The van der Waals surface area contributed by atoms with E-state index >= 15 is 0 Å². The van der Waals surface area contributed by atoms with Crippen LogP contribution in [0.4, 0.5) is 0 Å². The van der Waals surface area contributed by atoms with Crippen LogP contribution in [-0.4, -0.2) is 40.5 Å². The number of aromatic nitrogens is 3. The maximum absolute atomic E-state index is 12.6. The van der Waals surface area contributed by atoms with Gasteiger partial charge in [-0.15, -0.1) is 0 Å². The Kier molecular flexibility index (Phi) is 4.41. The number of fused-ring (bicyclic) bond motifs is 2. The first kappa shape index (κ1) is 17.3. The van der Waals surface area contributed by atoms with E-state index in [-0.39, 0.29) is 6.61 Å². The van der Waals surface area contributed by atoms with Gasteiger partial charge >= 0.3 is 5.97 Å². The van der Waals surface area contributed by atoms with Crippen LogP contribution in [0.3, 0.4) is 0 Å². The Labute approximate surface area is 159 Å². The molecule has 0 unspecified atom stereocenters. The number of nitrogens with zero attached hydrogens (tertiary/aromatic N) is 2. The number of hydrogen-bond acceptors (Lipinski definition) is 7. The maximum Gasteiger partial charge on any atom is 0.355 e. The van der Waals surface area contributed by atoms with Crippen molar-refractivity contribution >= 4 is 39.6 Å². The van der Waals surface area contributed by atoms with Gasteiger partial charge < -0.3 is 19.2 Å². The van der Waals surface area contributed by atoms with Crippen molar-refractivity contribution in [2.75, 3.05) is 20.8 Å². The fourth-order valence-electron chi connectivity index (χ4n) is 3.11. The molecule has 7 nitrogen and oxygen atoms in total. The molecule has 0 saturated carbocycles. The standard InChI is InChI=1S/C19H17N3O4S/c1-4-26-19(23)18-17(10-5-6-12-14(7-10)22-27-21-12)11-8-15(24-2)16(25-3)9-13(11)20-18/h5-9,20H,4H2,1-3H3. The van der Waals surface area contributed by atoms with Crippen molar-refractivity contribution < 1.29 is 19.0 Å². The quantitative estimate of drug-likeness (QED) is 0.524. The first-order valence-corrected chi connectivity index (χ1v) is 9.06. The lowest BCUT2D eigenvalue weighted by Crippen LogP contribution is -2.06. The van der Waals surface area contributed by atoms with Crippen LogP contribution in [0.2, 0.25) is 0 Å². The second-order valence-corrected chi connectivity index (χ2v) is 6.34. The molecular weight excluding hydrogens is 366 g/mol. The molecule has 2 aromatic carbocycles. The number of hydrogen-bond donors (Lipinski definition) is 1. The van der Waals surface area contributed by atoms with Gasteiger partial charge in [0.25, 0.3) is 0 Å². The monoisotopic (exact) mass is 383 g/mol. The zero-order chi connectivity index (χ0) is 19.0. The van der Waals surface area contributed by atoms with Crippen molar-refractivity contribution in [2.24, 2.45) is 0 Å². The molecule has 2 aromatic heterocycles. The number of H-pyrrole nitrogens is 1. The van der Waals surface area contributed by atoms with E-state index in [4.69, 9.17) is 14.2 Å². The van der Waals surface area contributed by atoms with Crippen LogP contribution in [0.1, 0.15) is 17.4 Å². The van der Waals surface area contributed by atoms with Crippen LogP contribution in [-0.2, 0) is 4.74 Å². The lowest BCUT2D eigenvalue weighted by molar-refractivity contribution is 0.0521. The van der Waals surface area contributed by atoms with E-state index in [9.17, 15) is 4.79 Å². The number of aromatic amines is 1. The van der Waals surface area contributed by atoms with Crippen LogP contribution in [0.15, 0.2) is 30.3 Å². The zero-order valence-corrected chi connectivity index (χ0v) is 15.8. The lowest BCUT2D eigenvalue weighted by atomic mass is 10.0. The molecule has 0 fully saturated rings. The maximum atomic E-state index is 12.6. The van der Waals surface area contributed by atoms with Gasteiger partial charge in [0.15, 0.2) is 11.5 Å². The largest absolute Gasteiger partial charge is 0.493 e. The molecule has 0 spiro atoms. The van der Waals surface area contributed by atoms with Crippen LogP contribution < -0.4 is 9.47 Å². The van der Waals surface area contributed by atoms with Crippen LogP contribution >= 0.6 is 11.7 Å². The van der Waals surface area contributed by atoms with E-state index < -0.39 is 5.97 Å². The summed E-state index contributed by atoms with van der Waals surface area (Å²) in [5.41, 5.74) is 4.31. The number of ether oxygens (including phenoxy) is 3. The van der Waals surface area contributed by atoms with E-state index in [2.05, 4.69) is 13.7 Å². The number of carbonyl (C=O) groups excluding carboxylic acids is 1. The average Bonchev–Trinajstić information content (AvgIpc) is 3.30. The third kappa shape index (κ3) is 2.87. The molecule has 0 bridgehead atoms. The molecule has 0 amide bonds. The van der Waals surface area contributed by atoms with Gasteiger partial charge in [-0.3, -0.25) is 0 Å². The first-order chi connectivity index (χ1) is 13.2. The summed E-state index contributed by atoms with van der Waals surface area (Å²) in [6, 6.07) is 9.39. The van der Waals surface area contributed by atoms with Crippen molar-refractivity contribution in [3.05, 3.63) is 36.0 Å². The molecule has 0 aliphatic heterocycles. The summed E-state index contributed by atoms with van der Waals surface area (Å²) in [5.74, 6) is 0.738. The summed E-state index contributed by atoms with van der Waals surface area (Å²) in [6.45, 7) is 2.06. The molecule has 0 atom stereocenters. The Hall–Kier alpha value is -3.13. The number of carbonyl (C=O) groups is 1. The summed E-state index contributed by atoms with van der Waals surface area (Å²) in [7, 11) is 3.15. The molecule has 0 aliphatic carbocycles. The third-order valence-corrected chi connectivity index (χ3v) is 4.88. The Bertz CT molecular complexity index is 1150. The smallest absolute Gasteiger partial charge is 0.355 e. The summed E-state index contributed by atoms with van der Waals surface area (Å²) < 4.78 is 24.6. The summed E-state index contributed by atoms with van der Waals surface area (Å²) in [4.78, 5) is 15.8. The van der Waals surface area contributed by atoms with Gasteiger partial charge in [0.2, 0.25) is 0 Å². The van der Waals surface area contributed by atoms with Crippen molar-refractivity contribution in [1.82, 2.24) is 13.7 Å². The lowest BCUT2D eigenvalue weighted by Gasteiger charge is -2.08. The second-order valence-electron chi connectivity index (χ2n) is 5.82. The minimum atomic E-state index is -0.418. The number of nitrogens with one attached hydrogen (secondary N) is 1. The fraction of sp³-hybridized carbons (Fsp3) is 0.211. The van der Waals surface area contributed by atoms with E-state index in [0.29, 0.717) is 17.2 Å². The highest BCUT2D eigenvalue weighted by molar-refractivity contribution is 7.00. The van der Waals surface area contributed by atoms with Crippen molar-refractivity contribution in [1.29, 1.82) is 0 Å². The van der Waals surface area contributed by atoms with E-state index in [1.807, 2.05) is 30.3 Å². The molecular formula is C19H17N3O4S. The van der Waals surface area contributed by atoms with Crippen molar-refractivity contribution in [2.45, 2.75) is 6.92 Å². The average molecular weight is 383 g/mol. The highest BCUT2D eigenvalue weighted by atomic mass is 32.1. The Balaban J connectivity index is 2.02. The van der Waals surface area contributed by atoms with E-state index in [1.54, 1.807) is 21.1 Å². The van der Waals surface area contributed by atoms with Crippen LogP contribution in [0, 0.1) is 0 Å². The molecule has 4 aromatic rings. The van der Waals surface area contributed by atoms with E-state index in [0.717, 1.165) is 44.8 Å². The van der Waals surface area contributed by atoms with Gasteiger partial charge in [-0.1, -0.05) is 6.07 Å². The van der Waals surface area contributed by atoms with Gasteiger partial charge in [-0.05, 0) is 30.7 Å². The highest BCUT2D eigenvalue weighted by Crippen LogP contribution is 2.40. The topological polar surface area (TPSA) is 86.3 Å². The number of methoxy groups -OCH3 is 2. The fourth-order valence-corrected chi connectivity index (χ4v) is 3.63. The van der Waals surface area contributed by atoms with Crippen LogP contribution in [0.25, 0.3) is 33.1 Å². The van der Waals surface area contributed by atoms with Crippen LogP contribution in [0.5, 0.6) is 11.5 Å². The number of rotatable bonds is 5. The molecule has 0 saturated heterocycles.